The molecule has 1 saturated carbocycles. The van der Waals surface area contributed by atoms with Crippen LogP contribution in [-0.4, -0.2) is 18.6 Å². The molecule has 2 atom stereocenters. The van der Waals surface area contributed by atoms with E-state index in [2.05, 4.69) is 18.2 Å². The first kappa shape index (κ1) is 11.2. The molecule has 3 rings (SSSR count). The highest BCUT2D eigenvalue weighted by Crippen LogP contribution is 2.51. The van der Waals surface area contributed by atoms with Gasteiger partial charge in [-0.2, -0.15) is 0 Å². The van der Waals surface area contributed by atoms with Gasteiger partial charge in [-0.3, -0.25) is 4.79 Å². The summed E-state index contributed by atoms with van der Waals surface area (Å²) in [4.78, 5) is 11.7. The molecule has 1 aliphatic rings. The van der Waals surface area contributed by atoms with E-state index in [1.807, 2.05) is 24.3 Å². The fraction of sp³-hybridized carbons (Fsp3) is 0.267. The summed E-state index contributed by atoms with van der Waals surface area (Å²) in [6.45, 7) is 0. The number of rotatable bonds is 2. The van der Waals surface area contributed by atoms with Gasteiger partial charge in [-0.05, 0) is 22.8 Å². The smallest absolute Gasteiger partial charge is 0.326 e. The molecule has 92 valence electrons. The first-order valence-corrected chi connectivity index (χ1v) is 6.02. The van der Waals surface area contributed by atoms with Gasteiger partial charge in [-0.1, -0.05) is 42.5 Å². The average molecular weight is 241 g/mol. The van der Waals surface area contributed by atoms with Crippen molar-refractivity contribution in [2.24, 2.45) is 5.73 Å². The molecule has 3 heteroatoms. The van der Waals surface area contributed by atoms with Gasteiger partial charge in [0.2, 0.25) is 0 Å². The molecule has 0 bridgehead atoms. The number of hydrogen-bond acceptors (Lipinski definition) is 3. The minimum atomic E-state index is -0.834. The Morgan fingerprint density at radius 2 is 2.00 bits per heavy atom. The van der Waals surface area contributed by atoms with Gasteiger partial charge in [-0.25, -0.2) is 0 Å². The second-order valence-corrected chi connectivity index (χ2v) is 4.86. The number of benzene rings is 2. The van der Waals surface area contributed by atoms with Crippen molar-refractivity contribution in [2.45, 2.75) is 17.9 Å². The van der Waals surface area contributed by atoms with Crippen molar-refractivity contribution < 1.29 is 9.53 Å². The summed E-state index contributed by atoms with van der Waals surface area (Å²) in [5.41, 5.74) is 6.40. The molecule has 0 heterocycles. The van der Waals surface area contributed by atoms with Crippen molar-refractivity contribution in [3.63, 3.8) is 0 Å². The highest BCUT2D eigenvalue weighted by Gasteiger charge is 2.59. The average Bonchev–Trinajstić information content (AvgIpc) is 3.10. The van der Waals surface area contributed by atoms with Crippen LogP contribution in [0.5, 0.6) is 0 Å². The molecular formula is C15H15NO2. The summed E-state index contributed by atoms with van der Waals surface area (Å²) >= 11 is 0. The Labute approximate surface area is 106 Å². The van der Waals surface area contributed by atoms with Gasteiger partial charge in [0.15, 0.2) is 0 Å². The van der Waals surface area contributed by atoms with Crippen molar-refractivity contribution in [1.82, 2.24) is 0 Å². The Balaban J connectivity index is 2.05. The Morgan fingerprint density at radius 1 is 1.28 bits per heavy atom. The zero-order valence-electron chi connectivity index (χ0n) is 10.2. The molecule has 18 heavy (non-hydrogen) atoms. The van der Waals surface area contributed by atoms with Crippen molar-refractivity contribution in [3.05, 3.63) is 48.0 Å². The number of methoxy groups -OCH3 is 1. The first-order valence-electron chi connectivity index (χ1n) is 6.02. The minimum Gasteiger partial charge on any atom is -0.468 e. The van der Waals surface area contributed by atoms with Gasteiger partial charge in [0, 0.05) is 5.92 Å². The molecule has 0 radical (unpaired) electrons. The molecule has 2 N–H and O–H groups in total. The van der Waals surface area contributed by atoms with Crippen molar-refractivity contribution in [2.75, 3.05) is 7.11 Å². The van der Waals surface area contributed by atoms with Gasteiger partial charge in [0.05, 0.1) is 7.11 Å². The molecule has 1 fully saturated rings. The van der Waals surface area contributed by atoms with E-state index in [1.165, 1.54) is 17.9 Å². The lowest BCUT2D eigenvalue weighted by Crippen LogP contribution is -2.35. The van der Waals surface area contributed by atoms with Crippen LogP contribution >= 0.6 is 0 Å². The SMILES string of the molecule is COC(=O)C1(N)CC1c1cccc2ccccc12. The fourth-order valence-corrected chi connectivity index (χ4v) is 2.64. The lowest BCUT2D eigenvalue weighted by atomic mass is 9.99. The van der Waals surface area contributed by atoms with E-state index in [1.54, 1.807) is 0 Å². The van der Waals surface area contributed by atoms with E-state index in [-0.39, 0.29) is 11.9 Å². The molecular weight excluding hydrogens is 226 g/mol. The van der Waals surface area contributed by atoms with Crippen LogP contribution in [0, 0.1) is 0 Å². The second-order valence-electron chi connectivity index (χ2n) is 4.86. The standard InChI is InChI=1S/C15H15NO2/c1-18-14(17)15(16)9-13(15)12-8-4-6-10-5-2-3-7-11(10)12/h2-8,13H,9,16H2,1H3. The largest absolute Gasteiger partial charge is 0.468 e. The number of carbonyl (C=O) groups is 1. The van der Waals surface area contributed by atoms with Gasteiger partial charge in [0.25, 0.3) is 0 Å². The van der Waals surface area contributed by atoms with E-state index in [0.29, 0.717) is 6.42 Å². The zero-order valence-corrected chi connectivity index (χ0v) is 10.2. The molecule has 3 nitrogen and oxygen atoms in total. The third-order valence-electron chi connectivity index (χ3n) is 3.77. The number of esters is 1. The van der Waals surface area contributed by atoms with Crippen LogP contribution in [0.3, 0.4) is 0 Å². The van der Waals surface area contributed by atoms with Crippen molar-refractivity contribution in [1.29, 1.82) is 0 Å². The molecule has 0 spiro atoms. The van der Waals surface area contributed by atoms with Crippen molar-refractivity contribution >= 4 is 16.7 Å². The topological polar surface area (TPSA) is 52.3 Å². The lowest BCUT2D eigenvalue weighted by molar-refractivity contribution is -0.143. The fourth-order valence-electron chi connectivity index (χ4n) is 2.64. The van der Waals surface area contributed by atoms with E-state index >= 15 is 0 Å². The molecule has 0 saturated heterocycles. The number of hydrogen-bond donors (Lipinski definition) is 1. The van der Waals surface area contributed by atoms with Gasteiger partial charge >= 0.3 is 5.97 Å². The van der Waals surface area contributed by atoms with Crippen LogP contribution in [0.4, 0.5) is 0 Å². The van der Waals surface area contributed by atoms with Crippen LogP contribution in [0.1, 0.15) is 17.9 Å². The Kier molecular flexibility index (Phi) is 2.38. The number of ether oxygens (including phenoxy) is 1. The molecule has 1 aliphatic carbocycles. The first-order chi connectivity index (χ1) is 8.66. The third-order valence-corrected chi connectivity index (χ3v) is 3.77. The summed E-state index contributed by atoms with van der Waals surface area (Å²) in [6.07, 6.45) is 0.660. The lowest BCUT2D eigenvalue weighted by Gasteiger charge is -2.10. The van der Waals surface area contributed by atoms with E-state index < -0.39 is 5.54 Å². The van der Waals surface area contributed by atoms with Gasteiger partial charge < -0.3 is 10.5 Å². The molecule has 0 aliphatic heterocycles. The molecule has 0 aromatic heterocycles. The maximum atomic E-state index is 11.7. The highest BCUT2D eigenvalue weighted by atomic mass is 16.5. The minimum absolute atomic E-state index is 0.0658. The predicted octanol–water partition coefficient (Wildman–Crippen LogP) is 2.20. The molecule has 2 aromatic carbocycles. The third kappa shape index (κ3) is 1.51. The monoisotopic (exact) mass is 241 g/mol. The summed E-state index contributed by atoms with van der Waals surface area (Å²) in [6, 6.07) is 14.3. The number of nitrogens with two attached hydrogens (primary N) is 1. The molecule has 2 unspecified atom stereocenters. The van der Waals surface area contributed by atoms with E-state index in [0.717, 1.165) is 5.56 Å². The van der Waals surface area contributed by atoms with E-state index in [4.69, 9.17) is 10.5 Å². The van der Waals surface area contributed by atoms with Gasteiger partial charge in [0.1, 0.15) is 5.54 Å². The zero-order chi connectivity index (χ0) is 12.8. The Morgan fingerprint density at radius 3 is 2.78 bits per heavy atom. The van der Waals surface area contributed by atoms with Crippen LogP contribution < -0.4 is 5.73 Å². The summed E-state index contributed by atoms with van der Waals surface area (Å²) < 4.78 is 4.78. The summed E-state index contributed by atoms with van der Waals surface area (Å²) in [5, 5.41) is 2.34. The van der Waals surface area contributed by atoms with Crippen LogP contribution in [0.25, 0.3) is 10.8 Å². The maximum Gasteiger partial charge on any atom is 0.326 e. The Bertz CT molecular complexity index is 617. The summed E-state index contributed by atoms with van der Waals surface area (Å²) in [7, 11) is 1.38. The second kappa shape index (κ2) is 3.82. The number of fused-ring (bicyclic) bond motifs is 1. The van der Waals surface area contributed by atoms with Crippen molar-refractivity contribution in [3.8, 4) is 0 Å². The Hall–Kier alpha value is -1.87. The molecule has 0 amide bonds. The quantitative estimate of drug-likeness (QED) is 0.820. The van der Waals surface area contributed by atoms with Crippen LogP contribution in [0.2, 0.25) is 0 Å². The van der Waals surface area contributed by atoms with Gasteiger partial charge in [-0.15, -0.1) is 0 Å². The number of carbonyl (C=O) groups excluding carboxylic acids is 1. The molecule has 2 aromatic rings. The van der Waals surface area contributed by atoms with Crippen LogP contribution in [0.15, 0.2) is 42.5 Å². The summed E-state index contributed by atoms with van der Waals surface area (Å²) in [5.74, 6) is -0.253. The predicted molar refractivity (Wildman–Crippen MR) is 70.2 cm³/mol. The normalized spacial score (nSPS) is 26.0. The van der Waals surface area contributed by atoms with Crippen LogP contribution in [-0.2, 0) is 9.53 Å². The maximum absolute atomic E-state index is 11.7. The highest BCUT2D eigenvalue weighted by molar-refractivity contribution is 5.92. The van der Waals surface area contributed by atoms with E-state index in [9.17, 15) is 4.79 Å².